The maximum Gasteiger partial charge on any atom is 0.603 e. The van der Waals surface area contributed by atoms with E-state index in [0.29, 0.717) is 11.4 Å². The van der Waals surface area contributed by atoms with Crippen LogP contribution < -0.4 is 11.1 Å². The van der Waals surface area contributed by atoms with E-state index in [1.807, 2.05) is 30.3 Å². The topological polar surface area (TPSA) is 59.5 Å². The van der Waals surface area contributed by atoms with E-state index >= 15 is 0 Å². The molecule has 22 heavy (non-hydrogen) atoms. The third kappa shape index (κ3) is 2.79. The molecule has 1 fully saturated rings. The molecule has 3 N–H and O–H groups in total. The van der Waals surface area contributed by atoms with Crippen molar-refractivity contribution in [3.05, 3.63) is 65.0 Å². The molecule has 3 rings (SSSR count). The minimum absolute atomic E-state index is 0.221. The van der Waals surface area contributed by atoms with Crippen LogP contribution in [0.3, 0.4) is 0 Å². The van der Waals surface area contributed by atoms with E-state index in [1.165, 1.54) is 0 Å². The van der Waals surface area contributed by atoms with Crippen molar-refractivity contribution >= 4 is 17.4 Å². The van der Waals surface area contributed by atoms with Gasteiger partial charge in [0.15, 0.2) is 11.8 Å². The summed E-state index contributed by atoms with van der Waals surface area (Å²) in [5.41, 5.74) is 7.84. The van der Waals surface area contributed by atoms with Crippen LogP contribution in [-0.2, 0) is 5.41 Å². The highest BCUT2D eigenvalue weighted by Crippen LogP contribution is 2.43. The van der Waals surface area contributed by atoms with Crippen molar-refractivity contribution in [1.29, 1.82) is 0 Å². The highest BCUT2D eigenvalue weighted by molar-refractivity contribution is 5.99. The Hall–Kier alpha value is -2.80. The standard InChI is InChI=1S/C18H17N3O/c19-15-9-4-5-10-16(15)21-17(22)20-13-18(11-6-12-18)14-7-2-1-3-8-14/h1-5,7-10H,6,11-12,19H2/p+1. The number of nitrogens with zero attached hydrogens (tertiary/aromatic N) is 1. The van der Waals surface area contributed by atoms with E-state index < -0.39 is 6.03 Å². The molecule has 4 nitrogen and oxygen atoms in total. The van der Waals surface area contributed by atoms with Crippen LogP contribution in [0.4, 0.5) is 16.2 Å². The number of carbonyl (C=O) groups is 1. The number of hydrogen-bond acceptors (Lipinski definition) is 2. The fourth-order valence-electron chi connectivity index (χ4n) is 2.66. The number of nitrogen functional groups attached to an aromatic ring is 1. The third-order valence-corrected chi connectivity index (χ3v) is 4.11. The van der Waals surface area contributed by atoms with Gasteiger partial charge in [0.25, 0.3) is 0 Å². The molecule has 0 atom stereocenters. The van der Waals surface area contributed by atoms with Crippen LogP contribution in [0.2, 0.25) is 0 Å². The van der Waals surface area contributed by atoms with E-state index in [-0.39, 0.29) is 5.41 Å². The third-order valence-electron chi connectivity index (χ3n) is 4.11. The normalized spacial score (nSPS) is 15.1. The lowest BCUT2D eigenvalue weighted by atomic mass is 9.65. The summed E-state index contributed by atoms with van der Waals surface area (Å²) in [5.74, 6) is 0. The minimum atomic E-state index is -0.444. The quantitative estimate of drug-likeness (QED) is 0.813. The molecule has 2 aromatic rings. The summed E-state index contributed by atoms with van der Waals surface area (Å²) in [6.45, 7) is 0. The molecule has 1 aliphatic carbocycles. The SMILES string of the molecule is Nc1ccccc1NC(=O)[N+]#CC1(c2ccccc2)CCC1. The first-order valence-electron chi connectivity index (χ1n) is 7.39. The van der Waals surface area contributed by atoms with Crippen molar-refractivity contribution in [2.24, 2.45) is 0 Å². The average molecular weight is 292 g/mol. The molecule has 0 bridgehead atoms. The van der Waals surface area contributed by atoms with E-state index in [1.54, 1.807) is 12.1 Å². The summed E-state index contributed by atoms with van der Waals surface area (Å²) in [4.78, 5) is 16.0. The van der Waals surface area contributed by atoms with Gasteiger partial charge in [0.05, 0.1) is 5.69 Å². The summed E-state index contributed by atoms with van der Waals surface area (Å²) in [5, 5.41) is 2.69. The number of urea groups is 1. The van der Waals surface area contributed by atoms with Gasteiger partial charge in [0.2, 0.25) is 0 Å². The number of anilines is 2. The fraction of sp³-hybridized carbons (Fsp3) is 0.222. The lowest BCUT2D eigenvalue weighted by Gasteiger charge is -2.34. The molecular weight excluding hydrogens is 274 g/mol. The van der Waals surface area contributed by atoms with Gasteiger partial charge in [-0.05, 0) is 37.0 Å². The number of nitrogens with one attached hydrogen (secondary N) is 1. The largest absolute Gasteiger partial charge is 0.603 e. The van der Waals surface area contributed by atoms with E-state index in [9.17, 15) is 4.79 Å². The number of hydrogen-bond donors (Lipinski definition) is 2. The molecule has 0 saturated heterocycles. The molecule has 4 heteroatoms. The lowest BCUT2D eigenvalue weighted by Crippen LogP contribution is -2.32. The number of carbonyl (C=O) groups excluding carboxylic acids is 1. The summed E-state index contributed by atoms with van der Waals surface area (Å²) in [6.07, 6.45) is 3.08. The van der Waals surface area contributed by atoms with Gasteiger partial charge in [-0.2, -0.15) is 10.1 Å². The number of amides is 2. The Morgan fingerprint density at radius 3 is 2.41 bits per heavy atom. The van der Waals surface area contributed by atoms with Crippen LogP contribution in [0, 0.1) is 6.07 Å². The predicted molar refractivity (Wildman–Crippen MR) is 89.1 cm³/mol. The van der Waals surface area contributed by atoms with Crippen LogP contribution >= 0.6 is 0 Å². The molecule has 0 aromatic heterocycles. The van der Waals surface area contributed by atoms with Gasteiger partial charge in [-0.15, -0.1) is 4.85 Å². The maximum absolute atomic E-state index is 12.0. The second kappa shape index (κ2) is 5.90. The van der Waals surface area contributed by atoms with Crippen LogP contribution in [0.15, 0.2) is 54.6 Å². The molecule has 0 radical (unpaired) electrons. The van der Waals surface area contributed by atoms with Crippen LogP contribution in [-0.4, -0.2) is 6.03 Å². The highest BCUT2D eigenvalue weighted by atomic mass is 16.2. The minimum Gasteiger partial charge on any atom is -0.395 e. The van der Waals surface area contributed by atoms with Crippen LogP contribution in [0.25, 0.3) is 4.85 Å². The van der Waals surface area contributed by atoms with Crippen molar-refractivity contribution in [2.75, 3.05) is 11.1 Å². The van der Waals surface area contributed by atoms with Crippen LogP contribution in [0.1, 0.15) is 24.8 Å². The zero-order valence-electron chi connectivity index (χ0n) is 12.3. The summed E-state index contributed by atoms with van der Waals surface area (Å²) >= 11 is 0. The first kappa shape index (κ1) is 14.2. The molecule has 1 saturated carbocycles. The Labute approximate surface area is 129 Å². The second-order valence-electron chi connectivity index (χ2n) is 5.54. The predicted octanol–water partition coefficient (Wildman–Crippen LogP) is 4.26. The summed E-state index contributed by atoms with van der Waals surface area (Å²) in [6, 6.07) is 19.9. The van der Waals surface area contributed by atoms with Gasteiger partial charge in [-0.25, -0.2) is 0 Å². The number of benzene rings is 2. The maximum atomic E-state index is 12.0. The van der Waals surface area contributed by atoms with E-state index in [2.05, 4.69) is 28.4 Å². The van der Waals surface area contributed by atoms with Crippen molar-refractivity contribution < 1.29 is 4.79 Å². The zero-order valence-corrected chi connectivity index (χ0v) is 12.3. The fourth-order valence-corrected chi connectivity index (χ4v) is 2.66. The van der Waals surface area contributed by atoms with E-state index in [4.69, 9.17) is 5.73 Å². The monoisotopic (exact) mass is 292 g/mol. The Bertz CT molecular complexity index is 740. The van der Waals surface area contributed by atoms with Gasteiger partial charge in [-0.1, -0.05) is 42.5 Å². The summed E-state index contributed by atoms with van der Waals surface area (Å²) in [7, 11) is 0. The van der Waals surface area contributed by atoms with Crippen molar-refractivity contribution in [2.45, 2.75) is 24.7 Å². The molecule has 0 aliphatic heterocycles. The van der Waals surface area contributed by atoms with Crippen molar-refractivity contribution in [3.63, 3.8) is 0 Å². The highest BCUT2D eigenvalue weighted by Gasteiger charge is 2.41. The van der Waals surface area contributed by atoms with E-state index in [0.717, 1.165) is 24.8 Å². The summed E-state index contributed by atoms with van der Waals surface area (Å²) < 4.78 is 0. The number of rotatable bonds is 2. The molecular formula is C18H18N3O+. The van der Waals surface area contributed by atoms with Gasteiger partial charge in [0.1, 0.15) is 5.41 Å². The van der Waals surface area contributed by atoms with Gasteiger partial charge < -0.3 is 5.73 Å². The van der Waals surface area contributed by atoms with Gasteiger partial charge >= 0.3 is 6.03 Å². The van der Waals surface area contributed by atoms with Gasteiger partial charge in [0, 0.05) is 0 Å². The first-order valence-corrected chi connectivity index (χ1v) is 7.39. The molecule has 110 valence electrons. The Morgan fingerprint density at radius 2 is 1.77 bits per heavy atom. The average Bonchev–Trinajstić information content (AvgIpc) is 2.50. The lowest BCUT2D eigenvalue weighted by molar-refractivity contribution is 0.264. The molecule has 2 amide bonds. The molecule has 1 aliphatic rings. The Kier molecular flexibility index (Phi) is 3.80. The van der Waals surface area contributed by atoms with Crippen LogP contribution in [0.5, 0.6) is 0 Å². The first-order chi connectivity index (χ1) is 10.7. The van der Waals surface area contributed by atoms with Gasteiger partial charge in [-0.3, -0.25) is 0 Å². The molecule has 2 aromatic carbocycles. The molecule has 0 spiro atoms. The van der Waals surface area contributed by atoms with Crippen molar-refractivity contribution in [3.8, 4) is 6.07 Å². The zero-order chi connectivity index (χ0) is 15.4. The smallest absolute Gasteiger partial charge is 0.395 e. The second-order valence-corrected chi connectivity index (χ2v) is 5.54. The van der Waals surface area contributed by atoms with Crippen molar-refractivity contribution in [1.82, 2.24) is 0 Å². The Morgan fingerprint density at radius 1 is 1.09 bits per heavy atom. The Balaban J connectivity index is 1.77. The number of para-hydroxylation sites is 2. The molecule has 0 unspecified atom stereocenters. The number of nitrogens with two attached hydrogens (primary N) is 1. The molecule has 0 heterocycles.